The number of piperidine rings is 1. The maximum Gasteiger partial charge on any atom is 0.225 e. The van der Waals surface area contributed by atoms with Gasteiger partial charge in [-0.3, -0.25) is 0 Å². The Morgan fingerprint density at radius 1 is 1.50 bits per heavy atom. The summed E-state index contributed by atoms with van der Waals surface area (Å²) in [6.45, 7) is 7.79. The summed E-state index contributed by atoms with van der Waals surface area (Å²) in [6.07, 6.45) is 5.63. The fraction of sp³-hybridized carbons (Fsp3) is 0.733. The number of ether oxygens (including phenoxy) is 1. The Morgan fingerprint density at radius 3 is 3.05 bits per heavy atom. The predicted molar refractivity (Wildman–Crippen MR) is 81.0 cm³/mol. The van der Waals surface area contributed by atoms with Crippen LogP contribution in [-0.4, -0.2) is 42.8 Å². The molecule has 0 bridgehead atoms. The molecule has 112 valence electrons. The number of nitrogens with zero attached hydrogens (tertiary/aromatic N) is 3. The highest BCUT2D eigenvalue weighted by molar-refractivity contribution is 5.33. The van der Waals surface area contributed by atoms with Crippen molar-refractivity contribution in [3.63, 3.8) is 0 Å². The van der Waals surface area contributed by atoms with Crippen LogP contribution in [-0.2, 0) is 11.3 Å². The van der Waals surface area contributed by atoms with Crippen molar-refractivity contribution < 1.29 is 4.74 Å². The highest BCUT2D eigenvalue weighted by atomic mass is 16.5. The Balaban J connectivity index is 2.01. The second kappa shape index (κ2) is 7.55. The summed E-state index contributed by atoms with van der Waals surface area (Å²) in [4.78, 5) is 11.4. The molecule has 2 rings (SSSR count). The largest absolute Gasteiger partial charge is 0.376 e. The van der Waals surface area contributed by atoms with Crippen LogP contribution in [0.4, 0.5) is 5.95 Å². The topological polar surface area (TPSA) is 50.3 Å². The van der Waals surface area contributed by atoms with Gasteiger partial charge in [0.25, 0.3) is 0 Å². The number of hydrogen-bond donors (Lipinski definition) is 1. The first-order chi connectivity index (χ1) is 9.74. The van der Waals surface area contributed by atoms with Gasteiger partial charge in [0.15, 0.2) is 0 Å². The summed E-state index contributed by atoms with van der Waals surface area (Å²) in [5.41, 5.74) is 2.22. The lowest BCUT2D eigenvalue weighted by molar-refractivity contribution is 0.0437. The average molecular weight is 278 g/mol. The fourth-order valence-electron chi connectivity index (χ4n) is 2.54. The molecule has 0 amide bonds. The van der Waals surface area contributed by atoms with Gasteiger partial charge in [-0.25, -0.2) is 9.97 Å². The van der Waals surface area contributed by atoms with E-state index in [9.17, 15) is 0 Å². The molecule has 5 nitrogen and oxygen atoms in total. The molecule has 20 heavy (non-hydrogen) atoms. The standard InChI is InChI=1S/C15H26N4O/c1-4-8-20-14-6-5-7-19(11-14)15-17-10-13(9-16-3)12(2)18-15/h10,14,16H,4-9,11H2,1-3H3. The van der Waals surface area contributed by atoms with E-state index in [1.807, 2.05) is 20.2 Å². The smallest absolute Gasteiger partial charge is 0.225 e. The Hall–Kier alpha value is -1.20. The second-order valence-electron chi connectivity index (χ2n) is 5.39. The fourth-order valence-corrected chi connectivity index (χ4v) is 2.54. The number of anilines is 1. The van der Waals surface area contributed by atoms with Crippen molar-refractivity contribution in [2.45, 2.75) is 45.8 Å². The molecule has 2 heterocycles. The van der Waals surface area contributed by atoms with Crippen LogP contribution in [0.5, 0.6) is 0 Å². The van der Waals surface area contributed by atoms with E-state index in [4.69, 9.17) is 4.74 Å². The molecular formula is C15H26N4O. The van der Waals surface area contributed by atoms with Crippen LogP contribution in [0.25, 0.3) is 0 Å². The van der Waals surface area contributed by atoms with Gasteiger partial charge in [0, 0.05) is 43.7 Å². The van der Waals surface area contributed by atoms with Gasteiger partial charge < -0.3 is 15.0 Å². The first-order valence-corrected chi connectivity index (χ1v) is 7.58. The van der Waals surface area contributed by atoms with Crippen molar-refractivity contribution in [3.05, 3.63) is 17.5 Å². The first kappa shape index (κ1) is 15.2. The zero-order valence-corrected chi connectivity index (χ0v) is 12.9. The lowest BCUT2D eigenvalue weighted by Gasteiger charge is -2.32. The number of nitrogens with one attached hydrogen (secondary N) is 1. The lowest BCUT2D eigenvalue weighted by Crippen LogP contribution is -2.40. The summed E-state index contributed by atoms with van der Waals surface area (Å²) in [5.74, 6) is 0.840. The molecular weight excluding hydrogens is 252 g/mol. The van der Waals surface area contributed by atoms with E-state index < -0.39 is 0 Å². The van der Waals surface area contributed by atoms with Gasteiger partial charge in [-0.15, -0.1) is 0 Å². The number of aryl methyl sites for hydroxylation is 1. The molecule has 0 aromatic carbocycles. The van der Waals surface area contributed by atoms with Crippen molar-refractivity contribution in [2.75, 3.05) is 31.6 Å². The highest BCUT2D eigenvalue weighted by Crippen LogP contribution is 2.19. The van der Waals surface area contributed by atoms with Gasteiger partial charge in [-0.2, -0.15) is 0 Å². The Bertz CT molecular complexity index is 424. The van der Waals surface area contributed by atoms with Gasteiger partial charge in [0.1, 0.15) is 0 Å². The molecule has 5 heteroatoms. The van der Waals surface area contributed by atoms with Crippen LogP contribution in [0.15, 0.2) is 6.20 Å². The molecule has 1 atom stereocenters. The number of aromatic nitrogens is 2. The Kier molecular flexibility index (Phi) is 5.73. The van der Waals surface area contributed by atoms with E-state index >= 15 is 0 Å². The molecule has 1 N–H and O–H groups in total. The zero-order valence-electron chi connectivity index (χ0n) is 12.9. The van der Waals surface area contributed by atoms with E-state index in [2.05, 4.69) is 27.1 Å². The van der Waals surface area contributed by atoms with Gasteiger partial charge in [-0.05, 0) is 33.2 Å². The maximum absolute atomic E-state index is 5.87. The van der Waals surface area contributed by atoms with Crippen molar-refractivity contribution in [2.24, 2.45) is 0 Å². The number of hydrogen-bond acceptors (Lipinski definition) is 5. The summed E-state index contributed by atoms with van der Waals surface area (Å²) < 4.78 is 5.87. The van der Waals surface area contributed by atoms with Crippen LogP contribution >= 0.6 is 0 Å². The lowest BCUT2D eigenvalue weighted by atomic mass is 10.1. The Labute approximate surface area is 121 Å². The predicted octanol–water partition coefficient (Wildman–Crippen LogP) is 1.90. The third-order valence-electron chi connectivity index (χ3n) is 3.65. The first-order valence-electron chi connectivity index (χ1n) is 7.58. The van der Waals surface area contributed by atoms with Crippen LogP contribution in [0, 0.1) is 6.92 Å². The van der Waals surface area contributed by atoms with Crippen molar-refractivity contribution in [1.82, 2.24) is 15.3 Å². The molecule has 1 fully saturated rings. The average Bonchev–Trinajstić information content (AvgIpc) is 2.48. The second-order valence-corrected chi connectivity index (χ2v) is 5.39. The Morgan fingerprint density at radius 2 is 2.35 bits per heavy atom. The van der Waals surface area contributed by atoms with E-state index in [0.29, 0.717) is 6.10 Å². The molecule has 1 aromatic rings. The zero-order chi connectivity index (χ0) is 14.4. The number of rotatable bonds is 6. The molecule has 0 radical (unpaired) electrons. The van der Waals surface area contributed by atoms with Crippen molar-refractivity contribution in [1.29, 1.82) is 0 Å². The minimum atomic E-state index is 0.324. The minimum Gasteiger partial charge on any atom is -0.376 e. The maximum atomic E-state index is 5.87. The van der Waals surface area contributed by atoms with Crippen molar-refractivity contribution in [3.8, 4) is 0 Å². The van der Waals surface area contributed by atoms with Crippen molar-refractivity contribution >= 4 is 5.95 Å². The summed E-state index contributed by atoms with van der Waals surface area (Å²) in [7, 11) is 1.94. The van der Waals surface area contributed by atoms with E-state index in [0.717, 1.165) is 62.7 Å². The van der Waals surface area contributed by atoms with Gasteiger partial charge in [0.2, 0.25) is 5.95 Å². The molecule has 1 aromatic heterocycles. The molecule has 1 unspecified atom stereocenters. The summed E-state index contributed by atoms with van der Waals surface area (Å²) in [6, 6.07) is 0. The van der Waals surface area contributed by atoms with Crippen LogP contribution < -0.4 is 10.2 Å². The summed E-state index contributed by atoms with van der Waals surface area (Å²) in [5, 5.41) is 3.14. The van der Waals surface area contributed by atoms with Gasteiger partial charge in [0.05, 0.1) is 6.10 Å². The van der Waals surface area contributed by atoms with E-state index in [1.165, 1.54) is 0 Å². The molecule has 1 aliphatic rings. The molecule has 0 saturated carbocycles. The molecule has 1 aliphatic heterocycles. The minimum absolute atomic E-state index is 0.324. The van der Waals surface area contributed by atoms with E-state index in [1.54, 1.807) is 0 Å². The normalized spacial score (nSPS) is 19.4. The third kappa shape index (κ3) is 3.90. The molecule has 0 aliphatic carbocycles. The van der Waals surface area contributed by atoms with Gasteiger partial charge in [-0.1, -0.05) is 6.92 Å². The van der Waals surface area contributed by atoms with Crippen LogP contribution in [0.1, 0.15) is 37.4 Å². The van der Waals surface area contributed by atoms with Crippen LogP contribution in [0.3, 0.4) is 0 Å². The molecule has 0 spiro atoms. The third-order valence-corrected chi connectivity index (χ3v) is 3.65. The molecule has 1 saturated heterocycles. The van der Waals surface area contributed by atoms with E-state index in [-0.39, 0.29) is 0 Å². The summed E-state index contributed by atoms with van der Waals surface area (Å²) >= 11 is 0. The quantitative estimate of drug-likeness (QED) is 0.861. The highest BCUT2D eigenvalue weighted by Gasteiger charge is 2.22. The van der Waals surface area contributed by atoms with Gasteiger partial charge >= 0.3 is 0 Å². The van der Waals surface area contributed by atoms with Crippen LogP contribution in [0.2, 0.25) is 0 Å². The monoisotopic (exact) mass is 278 g/mol. The SMILES string of the molecule is CCCOC1CCCN(c2ncc(CNC)c(C)n2)C1.